The van der Waals surface area contributed by atoms with Crippen molar-refractivity contribution in [2.75, 3.05) is 45.8 Å². The van der Waals surface area contributed by atoms with Gasteiger partial charge in [0.25, 0.3) is 0 Å². The number of likely N-dealkylation sites (N-methyl/N-ethyl adjacent to an activating group) is 1. The molecule has 0 aromatic carbocycles. The van der Waals surface area contributed by atoms with E-state index in [-0.39, 0.29) is 0 Å². The predicted octanol–water partition coefficient (Wildman–Crippen LogP) is 1.65. The molecular formula is C14H31N3. The standard InChI is InChI=1S/C14H31N3/c1-5-7-15-14(13(3)4)12-17-10-8-16(6-2)9-11-17/h13-15H,5-12H2,1-4H3. The van der Waals surface area contributed by atoms with Crippen LogP contribution in [0.3, 0.4) is 0 Å². The van der Waals surface area contributed by atoms with Gasteiger partial charge in [0.15, 0.2) is 0 Å². The van der Waals surface area contributed by atoms with Crippen LogP contribution in [0.5, 0.6) is 0 Å². The molecule has 0 radical (unpaired) electrons. The molecule has 1 aliphatic heterocycles. The van der Waals surface area contributed by atoms with Crippen LogP contribution in [0.15, 0.2) is 0 Å². The molecule has 0 saturated carbocycles. The van der Waals surface area contributed by atoms with Crippen LogP contribution in [0.1, 0.15) is 34.1 Å². The van der Waals surface area contributed by atoms with Gasteiger partial charge in [0.1, 0.15) is 0 Å². The van der Waals surface area contributed by atoms with Crippen molar-refractivity contribution in [2.45, 2.75) is 40.2 Å². The van der Waals surface area contributed by atoms with Gasteiger partial charge in [-0.2, -0.15) is 0 Å². The van der Waals surface area contributed by atoms with Gasteiger partial charge in [-0.3, -0.25) is 4.90 Å². The molecule has 0 bridgehead atoms. The molecule has 0 aliphatic carbocycles. The highest BCUT2D eigenvalue weighted by Crippen LogP contribution is 2.07. The van der Waals surface area contributed by atoms with Crippen molar-refractivity contribution in [3.05, 3.63) is 0 Å². The molecular weight excluding hydrogens is 210 g/mol. The molecule has 17 heavy (non-hydrogen) atoms. The molecule has 102 valence electrons. The first-order valence-electron chi connectivity index (χ1n) is 7.35. The fourth-order valence-corrected chi connectivity index (χ4v) is 2.41. The smallest absolute Gasteiger partial charge is 0.0217 e. The van der Waals surface area contributed by atoms with Crippen molar-refractivity contribution in [2.24, 2.45) is 5.92 Å². The molecule has 1 saturated heterocycles. The second kappa shape index (κ2) is 8.06. The third-order valence-electron chi connectivity index (χ3n) is 3.83. The van der Waals surface area contributed by atoms with Crippen molar-refractivity contribution in [1.29, 1.82) is 0 Å². The van der Waals surface area contributed by atoms with Crippen molar-refractivity contribution in [3.63, 3.8) is 0 Å². The van der Waals surface area contributed by atoms with E-state index in [1.54, 1.807) is 0 Å². The Hall–Kier alpha value is -0.120. The molecule has 1 heterocycles. The molecule has 0 aromatic heterocycles. The SMILES string of the molecule is CCCNC(CN1CCN(CC)CC1)C(C)C. The Morgan fingerprint density at radius 2 is 1.59 bits per heavy atom. The second-order valence-corrected chi connectivity index (χ2v) is 5.54. The van der Waals surface area contributed by atoms with E-state index >= 15 is 0 Å². The van der Waals surface area contributed by atoms with Gasteiger partial charge in [0, 0.05) is 38.8 Å². The minimum Gasteiger partial charge on any atom is -0.312 e. The zero-order chi connectivity index (χ0) is 12.7. The summed E-state index contributed by atoms with van der Waals surface area (Å²) in [6.45, 7) is 17.7. The number of hydrogen-bond donors (Lipinski definition) is 1. The average molecular weight is 241 g/mol. The largest absolute Gasteiger partial charge is 0.312 e. The van der Waals surface area contributed by atoms with Gasteiger partial charge in [-0.15, -0.1) is 0 Å². The van der Waals surface area contributed by atoms with Crippen molar-refractivity contribution >= 4 is 0 Å². The summed E-state index contributed by atoms with van der Waals surface area (Å²) in [6.07, 6.45) is 1.23. The quantitative estimate of drug-likeness (QED) is 0.731. The van der Waals surface area contributed by atoms with E-state index < -0.39 is 0 Å². The van der Waals surface area contributed by atoms with Crippen LogP contribution >= 0.6 is 0 Å². The fraction of sp³-hybridized carbons (Fsp3) is 1.00. The lowest BCUT2D eigenvalue weighted by Crippen LogP contribution is -2.51. The summed E-state index contributed by atoms with van der Waals surface area (Å²) in [4.78, 5) is 5.17. The first kappa shape index (κ1) is 14.9. The van der Waals surface area contributed by atoms with Crippen LogP contribution < -0.4 is 5.32 Å². The van der Waals surface area contributed by atoms with Crippen molar-refractivity contribution < 1.29 is 0 Å². The molecule has 1 N–H and O–H groups in total. The minimum atomic E-state index is 0.656. The molecule has 0 spiro atoms. The molecule has 1 unspecified atom stereocenters. The summed E-state index contributed by atoms with van der Waals surface area (Å²) in [5, 5.41) is 3.69. The Morgan fingerprint density at radius 3 is 2.06 bits per heavy atom. The number of rotatable bonds is 7. The first-order valence-corrected chi connectivity index (χ1v) is 7.35. The van der Waals surface area contributed by atoms with Crippen LogP contribution in [-0.4, -0.2) is 61.7 Å². The summed E-state index contributed by atoms with van der Waals surface area (Å²) in [7, 11) is 0. The number of nitrogens with zero attached hydrogens (tertiary/aromatic N) is 2. The van der Waals surface area contributed by atoms with Gasteiger partial charge in [-0.05, 0) is 25.4 Å². The van der Waals surface area contributed by atoms with Gasteiger partial charge >= 0.3 is 0 Å². The third-order valence-corrected chi connectivity index (χ3v) is 3.83. The summed E-state index contributed by atoms with van der Waals surface area (Å²) < 4.78 is 0. The average Bonchev–Trinajstić information content (AvgIpc) is 2.35. The Balaban J connectivity index is 2.30. The number of nitrogens with one attached hydrogen (secondary N) is 1. The molecule has 1 fully saturated rings. The predicted molar refractivity (Wildman–Crippen MR) is 75.5 cm³/mol. The molecule has 1 atom stereocenters. The topological polar surface area (TPSA) is 18.5 Å². The lowest BCUT2D eigenvalue weighted by molar-refractivity contribution is 0.120. The van der Waals surface area contributed by atoms with Gasteiger partial charge in [-0.25, -0.2) is 0 Å². The second-order valence-electron chi connectivity index (χ2n) is 5.54. The van der Waals surface area contributed by atoms with Crippen LogP contribution in [0, 0.1) is 5.92 Å². The molecule has 1 aliphatic rings. The van der Waals surface area contributed by atoms with Crippen LogP contribution in [0.2, 0.25) is 0 Å². The van der Waals surface area contributed by atoms with Gasteiger partial charge in [0.05, 0.1) is 0 Å². The Bertz CT molecular complexity index is 186. The molecule has 3 nitrogen and oxygen atoms in total. The summed E-state index contributed by atoms with van der Waals surface area (Å²) >= 11 is 0. The van der Waals surface area contributed by atoms with Crippen LogP contribution in [0.4, 0.5) is 0 Å². The summed E-state index contributed by atoms with van der Waals surface area (Å²) in [5.74, 6) is 0.728. The monoisotopic (exact) mass is 241 g/mol. The maximum absolute atomic E-state index is 3.69. The van der Waals surface area contributed by atoms with Gasteiger partial charge < -0.3 is 10.2 Å². The van der Waals surface area contributed by atoms with E-state index in [4.69, 9.17) is 0 Å². The Kier molecular flexibility index (Phi) is 7.09. The molecule has 1 rings (SSSR count). The molecule has 0 aromatic rings. The van der Waals surface area contributed by atoms with Crippen molar-refractivity contribution in [3.8, 4) is 0 Å². The van der Waals surface area contributed by atoms with E-state index in [1.807, 2.05) is 0 Å². The van der Waals surface area contributed by atoms with E-state index in [9.17, 15) is 0 Å². The zero-order valence-electron chi connectivity index (χ0n) is 12.2. The zero-order valence-corrected chi connectivity index (χ0v) is 12.2. The maximum atomic E-state index is 3.69. The fourth-order valence-electron chi connectivity index (χ4n) is 2.41. The third kappa shape index (κ3) is 5.36. The molecule has 3 heteroatoms. The van der Waals surface area contributed by atoms with Crippen LogP contribution in [0.25, 0.3) is 0 Å². The highest BCUT2D eigenvalue weighted by Gasteiger charge is 2.20. The Morgan fingerprint density at radius 1 is 1.00 bits per heavy atom. The summed E-state index contributed by atoms with van der Waals surface area (Å²) in [5.41, 5.74) is 0. The van der Waals surface area contributed by atoms with E-state index in [2.05, 4.69) is 42.8 Å². The van der Waals surface area contributed by atoms with Crippen molar-refractivity contribution in [1.82, 2.24) is 15.1 Å². The Labute approximate surface area is 108 Å². The highest BCUT2D eigenvalue weighted by molar-refractivity contribution is 4.79. The minimum absolute atomic E-state index is 0.656. The number of piperazine rings is 1. The lowest BCUT2D eigenvalue weighted by atomic mass is 10.0. The van der Waals surface area contributed by atoms with Gasteiger partial charge in [0.2, 0.25) is 0 Å². The molecule has 0 amide bonds. The van der Waals surface area contributed by atoms with E-state index in [0.717, 1.165) is 12.5 Å². The summed E-state index contributed by atoms with van der Waals surface area (Å²) in [6, 6.07) is 0.656. The lowest BCUT2D eigenvalue weighted by Gasteiger charge is -2.37. The van der Waals surface area contributed by atoms with Crippen LogP contribution in [-0.2, 0) is 0 Å². The highest BCUT2D eigenvalue weighted by atomic mass is 15.3. The van der Waals surface area contributed by atoms with Gasteiger partial charge in [-0.1, -0.05) is 27.7 Å². The van der Waals surface area contributed by atoms with E-state index in [0.29, 0.717) is 6.04 Å². The first-order chi connectivity index (χ1) is 8.17. The van der Waals surface area contributed by atoms with E-state index in [1.165, 1.54) is 45.7 Å². The normalized spacial score (nSPS) is 21.0. The maximum Gasteiger partial charge on any atom is 0.0217 e. The number of hydrogen-bond acceptors (Lipinski definition) is 3.